The third kappa shape index (κ3) is 4.47. The van der Waals surface area contributed by atoms with Gasteiger partial charge in [-0.15, -0.1) is 0 Å². The van der Waals surface area contributed by atoms with E-state index in [0.717, 1.165) is 15.6 Å². The van der Waals surface area contributed by atoms with Crippen LogP contribution in [-0.2, 0) is 22.6 Å². The summed E-state index contributed by atoms with van der Waals surface area (Å²) in [7, 11) is 0. The molecular formula is C16H16BrNO2. The van der Waals surface area contributed by atoms with E-state index in [1.54, 1.807) is 0 Å². The monoisotopic (exact) mass is 333 g/mol. The first kappa shape index (κ1) is 14.8. The molecule has 104 valence electrons. The highest BCUT2D eigenvalue weighted by Gasteiger charge is 2.15. The van der Waals surface area contributed by atoms with Crippen LogP contribution in [0.4, 0.5) is 0 Å². The molecule has 0 spiro atoms. The molecule has 0 fully saturated rings. The molecule has 2 aromatic carbocycles. The topological polar surface area (TPSA) is 52.3 Å². The van der Waals surface area contributed by atoms with Crippen LogP contribution in [0.3, 0.4) is 0 Å². The first-order valence-corrected chi connectivity index (χ1v) is 7.15. The van der Waals surface area contributed by atoms with Crippen molar-refractivity contribution in [3.05, 3.63) is 70.2 Å². The molecule has 0 bridgehead atoms. The van der Waals surface area contributed by atoms with Crippen molar-refractivity contribution in [1.29, 1.82) is 0 Å². The second-order valence-electron chi connectivity index (χ2n) is 4.53. The van der Waals surface area contributed by atoms with Crippen molar-refractivity contribution in [2.24, 2.45) is 5.73 Å². The van der Waals surface area contributed by atoms with Crippen LogP contribution >= 0.6 is 15.9 Å². The van der Waals surface area contributed by atoms with E-state index in [1.807, 2.05) is 54.6 Å². The summed E-state index contributed by atoms with van der Waals surface area (Å²) in [6, 6.07) is 16.7. The van der Waals surface area contributed by atoms with Gasteiger partial charge in [0.05, 0.1) is 0 Å². The average molecular weight is 334 g/mol. The Kier molecular flexibility index (Phi) is 5.32. The Morgan fingerprint density at radius 1 is 1.05 bits per heavy atom. The number of ether oxygens (including phenoxy) is 1. The van der Waals surface area contributed by atoms with Crippen molar-refractivity contribution < 1.29 is 9.53 Å². The minimum atomic E-state index is -0.632. The lowest BCUT2D eigenvalue weighted by atomic mass is 10.1. The van der Waals surface area contributed by atoms with E-state index in [0.29, 0.717) is 6.42 Å². The van der Waals surface area contributed by atoms with Crippen LogP contribution in [0.5, 0.6) is 0 Å². The van der Waals surface area contributed by atoms with Gasteiger partial charge in [-0.3, -0.25) is 4.79 Å². The van der Waals surface area contributed by atoms with Gasteiger partial charge in [0.25, 0.3) is 0 Å². The average Bonchev–Trinajstić information content (AvgIpc) is 2.47. The highest BCUT2D eigenvalue weighted by atomic mass is 79.9. The number of nitrogens with two attached hydrogens (primary N) is 1. The van der Waals surface area contributed by atoms with Gasteiger partial charge in [-0.2, -0.15) is 0 Å². The van der Waals surface area contributed by atoms with Gasteiger partial charge in [-0.05, 0) is 29.7 Å². The number of hydrogen-bond acceptors (Lipinski definition) is 3. The summed E-state index contributed by atoms with van der Waals surface area (Å²) in [6.45, 7) is 0.245. The third-order valence-electron chi connectivity index (χ3n) is 2.90. The van der Waals surface area contributed by atoms with Crippen LogP contribution in [0.1, 0.15) is 11.1 Å². The summed E-state index contributed by atoms with van der Waals surface area (Å²) in [5.41, 5.74) is 7.82. The van der Waals surface area contributed by atoms with E-state index in [2.05, 4.69) is 15.9 Å². The number of esters is 1. The van der Waals surface area contributed by atoms with Gasteiger partial charge < -0.3 is 10.5 Å². The van der Waals surface area contributed by atoms with Gasteiger partial charge in [0, 0.05) is 4.47 Å². The molecule has 0 unspecified atom stereocenters. The predicted molar refractivity (Wildman–Crippen MR) is 82.1 cm³/mol. The maximum Gasteiger partial charge on any atom is 0.323 e. The molecule has 0 radical (unpaired) electrons. The SMILES string of the molecule is N[C@@H](Cc1ccccc1)C(=O)OCc1ccc(Br)cc1. The van der Waals surface area contributed by atoms with Crippen LogP contribution in [0.2, 0.25) is 0 Å². The third-order valence-corrected chi connectivity index (χ3v) is 3.42. The highest BCUT2D eigenvalue weighted by molar-refractivity contribution is 9.10. The minimum absolute atomic E-state index is 0.245. The number of rotatable bonds is 5. The molecule has 2 N–H and O–H groups in total. The van der Waals surface area contributed by atoms with Crippen LogP contribution in [0.25, 0.3) is 0 Å². The molecule has 0 aliphatic rings. The smallest absolute Gasteiger partial charge is 0.323 e. The number of hydrogen-bond donors (Lipinski definition) is 1. The van der Waals surface area contributed by atoms with Gasteiger partial charge in [0.1, 0.15) is 12.6 Å². The van der Waals surface area contributed by atoms with Crippen molar-refractivity contribution >= 4 is 21.9 Å². The van der Waals surface area contributed by atoms with Crippen LogP contribution < -0.4 is 5.73 Å². The predicted octanol–water partition coefficient (Wildman–Crippen LogP) is 3.06. The fraction of sp³-hybridized carbons (Fsp3) is 0.188. The van der Waals surface area contributed by atoms with Crippen molar-refractivity contribution in [2.75, 3.05) is 0 Å². The molecule has 0 amide bonds. The van der Waals surface area contributed by atoms with Crippen LogP contribution in [0, 0.1) is 0 Å². The summed E-state index contributed by atoms with van der Waals surface area (Å²) in [4.78, 5) is 11.8. The zero-order valence-electron chi connectivity index (χ0n) is 11.0. The maximum absolute atomic E-state index is 11.8. The Morgan fingerprint density at radius 2 is 1.70 bits per heavy atom. The van der Waals surface area contributed by atoms with Crippen molar-refractivity contribution in [3.63, 3.8) is 0 Å². The summed E-state index contributed by atoms with van der Waals surface area (Å²) < 4.78 is 6.22. The Morgan fingerprint density at radius 3 is 2.35 bits per heavy atom. The Bertz CT molecular complexity index is 554. The largest absolute Gasteiger partial charge is 0.460 e. The molecule has 0 aliphatic heterocycles. The van der Waals surface area contributed by atoms with E-state index in [9.17, 15) is 4.79 Å². The van der Waals surface area contributed by atoms with E-state index < -0.39 is 6.04 Å². The minimum Gasteiger partial charge on any atom is -0.460 e. The van der Waals surface area contributed by atoms with E-state index >= 15 is 0 Å². The lowest BCUT2D eigenvalue weighted by Gasteiger charge is -2.11. The Balaban J connectivity index is 1.83. The first-order chi connectivity index (χ1) is 9.65. The molecule has 4 heteroatoms. The van der Waals surface area contributed by atoms with Crippen molar-refractivity contribution in [1.82, 2.24) is 0 Å². The van der Waals surface area contributed by atoms with Crippen LogP contribution in [0.15, 0.2) is 59.1 Å². The first-order valence-electron chi connectivity index (χ1n) is 6.36. The number of carbonyl (C=O) groups is 1. The van der Waals surface area contributed by atoms with Gasteiger partial charge >= 0.3 is 5.97 Å². The summed E-state index contributed by atoms with van der Waals surface area (Å²) in [5.74, 6) is -0.378. The highest BCUT2D eigenvalue weighted by Crippen LogP contribution is 2.11. The Hall–Kier alpha value is -1.65. The number of benzene rings is 2. The zero-order chi connectivity index (χ0) is 14.4. The van der Waals surface area contributed by atoms with Gasteiger partial charge in [0.2, 0.25) is 0 Å². The molecule has 20 heavy (non-hydrogen) atoms. The number of halogens is 1. The number of carbonyl (C=O) groups excluding carboxylic acids is 1. The summed E-state index contributed by atoms with van der Waals surface area (Å²) in [6.07, 6.45) is 0.486. The zero-order valence-corrected chi connectivity index (χ0v) is 12.5. The van der Waals surface area contributed by atoms with Gasteiger partial charge in [-0.1, -0.05) is 58.4 Å². The standard InChI is InChI=1S/C16H16BrNO2/c17-14-8-6-13(7-9-14)11-20-16(19)15(18)10-12-4-2-1-3-5-12/h1-9,15H,10-11,18H2/t15-/m0/s1. The molecule has 0 saturated heterocycles. The molecule has 0 aliphatic carbocycles. The molecule has 2 rings (SSSR count). The molecular weight excluding hydrogens is 318 g/mol. The molecule has 0 saturated carbocycles. The lowest BCUT2D eigenvalue weighted by molar-refractivity contribution is -0.146. The molecule has 0 heterocycles. The molecule has 3 nitrogen and oxygen atoms in total. The van der Waals surface area contributed by atoms with Crippen molar-refractivity contribution in [3.8, 4) is 0 Å². The molecule has 1 atom stereocenters. The van der Waals surface area contributed by atoms with Crippen molar-refractivity contribution in [2.45, 2.75) is 19.1 Å². The summed E-state index contributed by atoms with van der Waals surface area (Å²) in [5, 5.41) is 0. The summed E-state index contributed by atoms with van der Waals surface area (Å²) >= 11 is 3.36. The van der Waals surface area contributed by atoms with E-state index in [1.165, 1.54) is 0 Å². The van der Waals surface area contributed by atoms with E-state index in [-0.39, 0.29) is 12.6 Å². The van der Waals surface area contributed by atoms with E-state index in [4.69, 9.17) is 10.5 Å². The quantitative estimate of drug-likeness (QED) is 0.855. The fourth-order valence-corrected chi connectivity index (χ4v) is 2.06. The second-order valence-corrected chi connectivity index (χ2v) is 5.45. The lowest BCUT2D eigenvalue weighted by Crippen LogP contribution is -2.34. The second kappa shape index (κ2) is 7.22. The van der Waals surface area contributed by atoms with Gasteiger partial charge in [0.15, 0.2) is 0 Å². The van der Waals surface area contributed by atoms with Crippen LogP contribution in [-0.4, -0.2) is 12.0 Å². The van der Waals surface area contributed by atoms with Gasteiger partial charge in [-0.25, -0.2) is 0 Å². The maximum atomic E-state index is 11.8. The fourth-order valence-electron chi connectivity index (χ4n) is 1.79. The Labute approximate surface area is 126 Å². The molecule has 0 aromatic heterocycles. The molecule has 2 aromatic rings. The normalized spacial score (nSPS) is 11.9.